The Kier molecular flexibility index (Phi) is 3.64. The summed E-state index contributed by atoms with van der Waals surface area (Å²) in [7, 11) is 0. The van der Waals surface area contributed by atoms with Gasteiger partial charge in [0.05, 0.1) is 18.1 Å². The highest BCUT2D eigenvalue weighted by Crippen LogP contribution is 2.20. The van der Waals surface area contributed by atoms with Crippen LogP contribution in [0.25, 0.3) is 5.69 Å². The fourth-order valence-corrected chi connectivity index (χ4v) is 2.12. The summed E-state index contributed by atoms with van der Waals surface area (Å²) in [5, 5.41) is 11.5. The molecule has 21 heavy (non-hydrogen) atoms. The molecule has 0 radical (unpaired) electrons. The van der Waals surface area contributed by atoms with E-state index in [2.05, 4.69) is 15.5 Å². The lowest BCUT2D eigenvalue weighted by molar-refractivity contribution is 0.626. The Morgan fingerprint density at radius 2 is 1.57 bits per heavy atom. The number of hydrogen-bond donors (Lipinski definition) is 1. The summed E-state index contributed by atoms with van der Waals surface area (Å²) in [6.07, 6.45) is 3.28. The molecule has 5 heteroatoms. The van der Waals surface area contributed by atoms with Crippen molar-refractivity contribution in [1.82, 2.24) is 15.0 Å². The van der Waals surface area contributed by atoms with Crippen LogP contribution in [0.3, 0.4) is 0 Å². The van der Waals surface area contributed by atoms with Crippen LogP contribution in [0.1, 0.15) is 18.5 Å². The number of nitrogens with one attached hydrogen (secondary N) is 1. The Bertz CT molecular complexity index is 690. The average molecular weight is 282 g/mol. The van der Waals surface area contributed by atoms with Gasteiger partial charge < -0.3 is 5.32 Å². The van der Waals surface area contributed by atoms with Gasteiger partial charge in [0.2, 0.25) is 0 Å². The molecule has 0 fully saturated rings. The predicted octanol–water partition coefficient (Wildman–Crippen LogP) is 3.58. The minimum atomic E-state index is -0.220. The molecule has 2 aromatic carbocycles. The molecule has 3 rings (SSSR count). The standard InChI is InChI=1S/C16H15FN4/c1-12(13-2-4-14(17)5-3-13)20-15-6-8-16(9-7-15)21-18-10-11-19-21/h2-12,20H,1H3. The van der Waals surface area contributed by atoms with Gasteiger partial charge in [0.15, 0.2) is 0 Å². The molecule has 106 valence electrons. The van der Waals surface area contributed by atoms with E-state index in [9.17, 15) is 4.39 Å². The molecule has 1 N–H and O–H groups in total. The molecule has 0 bridgehead atoms. The van der Waals surface area contributed by atoms with Gasteiger partial charge >= 0.3 is 0 Å². The maximum atomic E-state index is 12.9. The normalized spacial score (nSPS) is 12.1. The van der Waals surface area contributed by atoms with E-state index >= 15 is 0 Å². The van der Waals surface area contributed by atoms with E-state index < -0.39 is 0 Å². The minimum absolute atomic E-state index is 0.0966. The Labute approximate surface area is 122 Å². The number of anilines is 1. The Morgan fingerprint density at radius 3 is 2.19 bits per heavy atom. The van der Waals surface area contributed by atoms with Gasteiger partial charge in [-0.25, -0.2) is 4.39 Å². The van der Waals surface area contributed by atoms with Crippen molar-refractivity contribution in [2.45, 2.75) is 13.0 Å². The van der Waals surface area contributed by atoms with E-state index in [-0.39, 0.29) is 11.9 Å². The Hall–Kier alpha value is -2.69. The highest BCUT2D eigenvalue weighted by molar-refractivity contribution is 5.49. The first-order valence-corrected chi connectivity index (χ1v) is 6.71. The first-order chi connectivity index (χ1) is 10.2. The van der Waals surface area contributed by atoms with Crippen LogP contribution < -0.4 is 5.32 Å². The third-order valence-electron chi connectivity index (χ3n) is 3.27. The van der Waals surface area contributed by atoms with Crippen molar-refractivity contribution in [3.63, 3.8) is 0 Å². The average Bonchev–Trinajstić information content (AvgIpc) is 3.03. The van der Waals surface area contributed by atoms with Crippen LogP contribution in [0, 0.1) is 5.82 Å². The fraction of sp³-hybridized carbons (Fsp3) is 0.125. The summed E-state index contributed by atoms with van der Waals surface area (Å²) in [5.74, 6) is -0.220. The second-order valence-electron chi connectivity index (χ2n) is 4.78. The number of nitrogens with zero attached hydrogens (tertiary/aromatic N) is 3. The van der Waals surface area contributed by atoms with Gasteiger partial charge in [0.25, 0.3) is 0 Å². The van der Waals surface area contributed by atoms with Crippen molar-refractivity contribution >= 4 is 5.69 Å². The first-order valence-electron chi connectivity index (χ1n) is 6.71. The smallest absolute Gasteiger partial charge is 0.123 e. The highest BCUT2D eigenvalue weighted by Gasteiger charge is 2.06. The molecule has 0 saturated carbocycles. The maximum absolute atomic E-state index is 12.9. The van der Waals surface area contributed by atoms with E-state index in [0.29, 0.717) is 0 Å². The number of rotatable bonds is 4. The van der Waals surface area contributed by atoms with Crippen LogP contribution in [0.15, 0.2) is 60.9 Å². The van der Waals surface area contributed by atoms with Gasteiger partial charge in [-0.1, -0.05) is 12.1 Å². The lowest BCUT2D eigenvalue weighted by Crippen LogP contribution is -2.07. The molecule has 0 aliphatic carbocycles. The van der Waals surface area contributed by atoms with Crippen molar-refractivity contribution in [3.05, 3.63) is 72.3 Å². The molecule has 3 aromatic rings. The van der Waals surface area contributed by atoms with Crippen molar-refractivity contribution in [2.24, 2.45) is 0 Å². The van der Waals surface area contributed by atoms with E-state index in [4.69, 9.17) is 0 Å². The molecule has 0 aliphatic heterocycles. The number of aromatic nitrogens is 3. The molecular formula is C16H15FN4. The van der Waals surface area contributed by atoms with Crippen molar-refractivity contribution in [2.75, 3.05) is 5.32 Å². The van der Waals surface area contributed by atoms with Crippen LogP contribution in [-0.2, 0) is 0 Å². The molecule has 1 atom stereocenters. The fourth-order valence-electron chi connectivity index (χ4n) is 2.12. The molecule has 1 aromatic heterocycles. The summed E-state index contributed by atoms with van der Waals surface area (Å²) >= 11 is 0. The van der Waals surface area contributed by atoms with Gasteiger partial charge in [0, 0.05) is 11.7 Å². The predicted molar refractivity (Wildman–Crippen MR) is 79.8 cm³/mol. The zero-order valence-corrected chi connectivity index (χ0v) is 11.6. The lowest BCUT2D eigenvalue weighted by atomic mass is 10.1. The molecule has 0 spiro atoms. The zero-order chi connectivity index (χ0) is 14.7. The van der Waals surface area contributed by atoms with Gasteiger partial charge in [-0.05, 0) is 48.9 Å². The Morgan fingerprint density at radius 1 is 0.952 bits per heavy atom. The second kappa shape index (κ2) is 5.75. The summed E-state index contributed by atoms with van der Waals surface area (Å²) in [6.45, 7) is 2.04. The molecule has 0 amide bonds. The monoisotopic (exact) mass is 282 g/mol. The highest BCUT2D eigenvalue weighted by atomic mass is 19.1. The molecule has 0 saturated heterocycles. The first kappa shape index (κ1) is 13.3. The second-order valence-corrected chi connectivity index (χ2v) is 4.78. The topological polar surface area (TPSA) is 42.7 Å². The van der Waals surface area contributed by atoms with Crippen LogP contribution in [0.4, 0.5) is 10.1 Å². The van der Waals surface area contributed by atoms with Crippen LogP contribution in [0.2, 0.25) is 0 Å². The largest absolute Gasteiger partial charge is 0.379 e. The Balaban J connectivity index is 1.71. The van der Waals surface area contributed by atoms with Crippen molar-refractivity contribution in [1.29, 1.82) is 0 Å². The summed E-state index contributed by atoms with van der Waals surface area (Å²) < 4.78 is 12.9. The quantitative estimate of drug-likeness (QED) is 0.795. The van der Waals surface area contributed by atoms with Gasteiger partial charge in [-0.15, -0.1) is 0 Å². The van der Waals surface area contributed by atoms with Crippen LogP contribution in [0.5, 0.6) is 0 Å². The van der Waals surface area contributed by atoms with E-state index in [1.165, 1.54) is 12.1 Å². The molecule has 0 aliphatic rings. The third kappa shape index (κ3) is 3.08. The van der Waals surface area contributed by atoms with Crippen molar-refractivity contribution in [3.8, 4) is 5.69 Å². The van der Waals surface area contributed by atoms with Gasteiger partial charge in [0.1, 0.15) is 5.82 Å². The SMILES string of the molecule is CC(Nc1ccc(-n2nccn2)cc1)c1ccc(F)cc1. The third-order valence-corrected chi connectivity index (χ3v) is 3.27. The summed E-state index contributed by atoms with van der Waals surface area (Å²) in [4.78, 5) is 1.56. The van der Waals surface area contributed by atoms with E-state index in [1.807, 2.05) is 31.2 Å². The van der Waals surface area contributed by atoms with Crippen LogP contribution >= 0.6 is 0 Å². The molecule has 1 unspecified atom stereocenters. The summed E-state index contributed by atoms with van der Waals surface area (Å²) in [5.41, 5.74) is 2.93. The van der Waals surface area contributed by atoms with Gasteiger partial charge in [-0.2, -0.15) is 15.0 Å². The number of hydrogen-bond acceptors (Lipinski definition) is 3. The zero-order valence-electron chi connectivity index (χ0n) is 11.6. The molecular weight excluding hydrogens is 267 g/mol. The maximum Gasteiger partial charge on any atom is 0.123 e. The van der Waals surface area contributed by atoms with Gasteiger partial charge in [-0.3, -0.25) is 0 Å². The number of benzene rings is 2. The van der Waals surface area contributed by atoms with Crippen molar-refractivity contribution < 1.29 is 4.39 Å². The van der Waals surface area contributed by atoms with E-state index in [1.54, 1.807) is 29.3 Å². The number of halogens is 1. The summed E-state index contributed by atoms with van der Waals surface area (Å²) in [6, 6.07) is 14.4. The minimum Gasteiger partial charge on any atom is -0.379 e. The van der Waals surface area contributed by atoms with Crippen LogP contribution in [-0.4, -0.2) is 15.0 Å². The lowest BCUT2D eigenvalue weighted by Gasteiger charge is -2.16. The molecule has 1 heterocycles. The molecule has 4 nitrogen and oxygen atoms in total. The van der Waals surface area contributed by atoms with E-state index in [0.717, 1.165) is 16.9 Å².